The fraction of sp³-hybridized carbons (Fsp3) is 0.350. The predicted molar refractivity (Wildman–Crippen MR) is 103 cm³/mol. The van der Waals surface area contributed by atoms with Gasteiger partial charge in [-0.25, -0.2) is 4.79 Å². The van der Waals surface area contributed by atoms with Gasteiger partial charge in [-0.05, 0) is 51.0 Å². The second-order valence-electron chi connectivity index (χ2n) is 6.93. The Balaban J connectivity index is 1.44. The molecule has 2 aromatic rings. The molecular weight excluding hydrogens is 364 g/mol. The average Bonchev–Trinajstić information content (AvgIpc) is 3.43. The first-order valence-corrected chi connectivity index (χ1v) is 9.88. The maximum atomic E-state index is 12.5. The van der Waals surface area contributed by atoms with E-state index >= 15 is 0 Å². The maximum absolute atomic E-state index is 12.5. The highest BCUT2D eigenvalue weighted by Gasteiger charge is 2.28. The lowest BCUT2D eigenvalue weighted by molar-refractivity contribution is -0.113. The third kappa shape index (κ3) is 3.51. The Morgan fingerprint density at radius 1 is 1.26 bits per heavy atom. The Labute approximate surface area is 161 Å². The van der Waals surface area contributed by atoms with Crippen molar-refractivity contribution >= 4 is 35.1 Å². The zero-order valence-corrected chi connectivity index (χ0v) is 16.0. The van der Waals surface area contributed by atoms with Gasteiger partial charge in [0, 0.05) is 27.9 Å². The topological polar surface area (TPSA) is 77.4 Å². The largest absolute Gasteiger partial charge is 0.454 e. The second kappa shape index (κ2) is 6.88. The van der Waals surface area contributed by atoms with E-state index < -0.39 is 5.97 Å². The fourth-order valence-corrected chi connectivity index (χ4v) is 4.24. The molecule has 2 aliphatic rings. The number of anilines is 1. The van der Waals surface area contributed by atoms with E-state index in [0.717, 1.165) is 29.1 Å². The number of rotatable bonds is 5. The molecule has 0 saturated heterocycles. The summed E-state index contributed by atoms with van der Waals surface area (Å²) < 4.78 is 7.42. The van der Waals surface area contributed by atoms with Gasteiger partial charge in [-0.3, -0.25) is 9.59 Å². The molecule has 0 spiro atoms. The van der Waals surface area contributed by atoms with Crippen LogP contribution in [0, 0.1) is 13.8 Å². The first-order chi connectivity index (χ1) is 12.9. The Hall–Kier alpha value is -2.54. The molecule has 27 heavy (non-hydrogen) atoms. The van der Waals surface area contributed by atoms with Crippen LogP contribution in [0.2, 0.25) is 0 Å². The van der Waals surface area contributed by atoms with Crippen molar-refractivity contribution in [3.05, 3.63) is 46.8 Å². The van der Waals surface area contributed by atoms with E-state index in [2.05, 4.69) is 9.88 Å². The molecule has 140 valence electrons. The van der Waals surface area contributed by atoms with Crippen molar-refractivity contribution in [2.24, 2.45) is 0 Å². The number of nitrogens with one attached hydrogen (secondary N) is 1. The monoisotopic (exact) mass is 384 g/mol. The highest BCUT2D eigenvalue weighted by atomic mass is 32.2. The molecule has 1 aliphatic heterocycles. The van der Waals surface area contributed by atoms with Crippen LogP contribution in [0.5, 0.6) is 0 Å². The van der Waals surface area contributed by atoms with Crippen molar-refractivity contribution in [2.45, 2.75) is 37.6 Å². The Morgan fingerprint density at radius 3 is 2.78 bits per heavy atom. The van der Waals surface area contributed by atoms with Crippen LogP contribution in [0.3, 0.4) is 0 Å². The summed E-state index contributed by atoms with van der Waals surface area (Å²) in [5.74, 6) is -0.513. The van der Waals surface area contributed by atoms with Crippen LogP contribution < -0.4 is 5.32 Å². The number of hydrogen-bond donors (Lipinski definition) is 1. The summed E-state index contributed by atoms with van der Waals surface area (Å²) in [4.78, 5) is 37.3. The molecule has 1 aromatic heterocycles. The fourth-order valence-electron chi connectivity index (χ4n) is 3.46. The van der Waals surface area contributed by atoms with Gasteiger partial charge in [-0.1, -0.05) is 0 Å². The van der Waals surface area contributed by atoms with Gasteiger partial charge in [-0.15, -0.1) is 11.8 Å². The van der Waals surface area contributed by atoms with Crippen LogP contribution in [0.4, 0.5) is 5.69 Å². The molecule has 0 bridgehead atoms. The molecule has 6 nitrogen and oxygen atoms in total. The number of esters is 1. The highest BCUT2D eigenvalue weighted by Crippen LogP contribution is 2.38. The van der Waals surface area contributed by atoms with Crippen LogP contribution in [-0.4, -0.2) is 34.6 Å². The van der Waals surface area contributed by atoms with Crippen LogP contribution >= 0.6 is 11.8 Å². The Bertz CT molecular complexity index is 959. The number of ketones is 1. The number of nitrogens with zero attached hydrogens (tertiary/aromatic N) is 1. The number of thioether (sulfide) groups is 1. The molecule has 0 radical (unpaired) electrons. The minimum Gasteiger partial charge on any atom is -0.454 e. The highest BCUT2D eigenvalue weighted by molar-refractivity contribution is 8.00. The van der Waals surface area contributed by atoms with E-state index in [9.17, 15) is 14.4 Å². The van der Waals surface area contributed by atoms with Gasteiger partial charge in [0.2, 0.25) is 11.7 Å². The summed E-state index contributed by atoms with van der Waals surface area (Å²) in [7, 11) is 0. The van der Waals surface area contributed by atoms with Crippen molar-refractivity contribution in [3.63, 3.8) is 0 Å². The zero-order chi connectivity index (χ0) is 19.1. The quantitative estimate of drug-likeness (QED) is 0.630. The number of Topliss-reactive ketones (excluding diaryl/α,β-unsaturated/α-hetero) is 1. The lowest BCUT2D eigenvalue weighted by atomic mass is 10.1. The minimum absolute atomic E-state index is 0.0979. The van der Waals surface area contributed by atoms with Gasteiger partial charge < -0.3 is 14.6 Å². The van der Waals surface area contributed by atoms with Gasteiger partial charge in [0.1, 0.15) is 0 Å². The number of fused-ring (bicyclic) bond motifs is 1. The normalized spacial score (nSPS) is 15.9. The lowest BCUT2D eigenvalue weighted by Gasteiger charge is -2.16. The van der Waals surface area contributed by atoms with E-state index in [0.29, 0.717) is 28.6 Å². The molecule has 2 heterocycles. The standard InChI is InChI=1S/C20H20N2O4S/c1-11-7-15(12(2)22(11)14-4-5-14)17(23)9-26-20(25)13-3-6-18-16(8-13)21-19(24)10-27-18/h3,6-8,14H,4-5,9-10H2,1-2H3,(H,21,24). The Kier molecular flexibility index (Phi) is 4.55. The van der Waals surface area contributed by atoms with Crippen LogP contribution in [0.25, 0.3) is 0 Å². The number of carbonyl (C=O) groups excluding carboxylic acids is 3. The predicted octanol–water partition coefficient (Wildman–Crippen LogP) is 3.52. The summed E-state index contributed by atoms with van der Waals surface area (Å²) in [6, 6.07) is 7.38. The summed E-state index contributed by atoms with van der Waals surface area (Å²) in [5, 5.41) is 2.74. The number of benzene rings is 1. The van der Waals surface area contributed by atoms with Crippen LogP contribution in [0.15, 0.2) is 29.2 Å². The van der Waals surface area contributed by atoms with Crippen molar-refractivity contribution in [2.75, 3.05) is 17.7 Å². The summed E-state index contributed by atoms with van der Waals surface area (Å²) in [5.41, 5.74) is 3.52. The SMILES string of the molecule is Cc1cc(C(=O)COC(=O)c2ccc3c(c2)NC(=O)CS3)c(C)n1C1CC1. The second-order valence-corrected chi connectivity index (χ2v) is 7.95. The molecular formula is C20H20N2O4S. The third-order valence-electron chi connectivity index (χ3n) is 4.88. The van der Waals surface area contributed by atoms with E-state index in [1.54, 1.807) is 18.2 Å². The molecule has 1 saturated carbocycles. The number of carbonyl (C=O) groups is 3. The van der Waals surface area contributed by atoms with E-state index in [4.69, 9.17) is 4.74 Å². The molecule has 4 rings (SSSR count). The van der Waals surface area contributed by atoms with Crippen molar-refractivity contribution < 1.29 is 19.1 Å². The molecule has 1 aliphatic carbocycles. The summed E-state index contributed by atoms with van der Waals surface area (Å²) in [6.45, 7) is 3.63. The van der Waals surface area contributed by atoms with Crippen molar-refractivity contribution in [1.29, 1.82) is 0 Å². The molecule has 0 atom stereocenters. The Morgan fingerprint density at radius 2 is 2.04 bits per heavy atom. The first kappa shape index (κ1) is 17.9. The van der Waals surface area contributed by atoms with Gasteiger partial charge >= 0.3 is 5.97 Å². The summed E-state index contributed by atoms with van der Waals surface area (Å²) in [6.07, 6.45) is 2.29. The molecule has 1 N–H and O–H groups in total. The van der Waals surface area contributed by atoms with E-state index in [-0.39, 0.29) is 18.3 Å². The van der Waals surface area contributed by atoms with E-state index in [1.165, 1.54) is 11.8 Å². The molecule has 1 amide bonds. The van der Waals surface area contributed by atoms with Crippen LogP contribution in [-0.2, 0) is 9.53 Å². The molecule has 1 fully saturated rings. The van der Waals surface area contributed by atoms with Crippen molar-refractivity contribution in [3.8, 4) is 0 Å². The molecule has 1 aromatic carbocycles. The number of ether oxygens (including phenoxy) is 1. The smallest absolute Gasteiger partial charge is 0.338 e. The van der Waals surface area contributed by atoms with Gasteiger partial charge in [0.05, 0.1) is 17.0 Å². The molecule has 0 unspecified atom stereocenters. The number of aryl methyl sites for hydroxylation is 1. The number of amides is 1. The average molecular weight is 384 g/mol. The van der Waals surface area contributed by atoms with Crippen molar-refractivity contribution in [1.82, 2.24) is 4.57 Å². The number of aromatic nitrogens is 1. The van der Waals surface area contributed by atoms with Gasteiger partial charge in [0.25, 0.3) is 0 Å². The zero-order valence-electron chi connectivity index (χ0n) is 15.2. The van der Waals surface area contributed by atoms with E-state index in [1.807, 2.05) is 19.9 Å². The van der Waals surface area contributed by atoms with Gasteiger partial charge in [0.15, 0.2) is 6.61 Å². The maximum Gasteiger partial charge on any atom is 0.338 e. The number of hydrogen-bond acceptors (Lipinski definition) is 5. The van der Waals surface area contributed by atoms with Gasteiger partial charge in [-0.2, -0.15) is 0 Å². The lowest BCUT2D eigenvalue weighted by Crippen LogP contribution is -2.19. The molecule has 7 heteroatoms. The first-order valence-electron chi connectivity index (χ1n) is 8.89. The minimum atomic E-state index is -0.577. The summed E-state index contributed by atoms with van der Waals surface area (Å²) >= 11 is 1.42. The third-order valence-corrected chi connectivity index (χ3v) is 5.95. The van der Waals surface area contributed by atoms with Crippen LogP contribution in [0.1, 0.15) is 51.0 Å².